The summed E-state index contributed by atoms with van der Waals surface area (Å²) in [6.45, 7) is 5.77. The summed E-state index contributed by atoms with van der Waals surface area (Å²) < 4.78 is 0. The number of urea groups is 1. The summed E-state index contributed by atoms with van der Waals surface area (Å²) in [5.41, 5.74) is 0. The third-order valence-electron chi connectivity index (χ3n) is 3.48. The van der Waals surface area contributed by atoms with Gasteiger partial charge in [0.2, 0.25) is 0 Å². The summed E-state index contributed by atoms with van der Waals surface area (Å²) in [5.74, 6) is 0. The van der Waals surface area contributed by atoms with Gasteiger partial charge in [0.25, 0.3) is 0 Å². The maximum atomic E-state index is 11.3. The molecular formula is C11H22N4O. The molecule has 2 aliphatic heterocycles. The third-order valence-corrected chi connectivity index (χ3v) is 3.48. The summed E-state index contributed by atoms with van der Waals surface area (Å²) in [7, 11) is 2.17. The summed E-state index contributed by atoms with van der Waals surface area (Å²) in [4.78, 5) is 15.5. The molecule has 0 radical (unpaired) electrons. The molecule has 2 heterocycles. The van der Waals surface area contributed by atoms with Gasteiger partial charge in [-0.2, -0.15) is 0 Å². The van der Waals surface area contributed by atoms with Crippen molar-refractivity contribution in [3.8, 4) is 0 Å². The van der Waals surface area contributed by atoms with E-state index in [0.29, 0.717) is 6.04 Å². The number of carbonyl (C=O) groups is 1. The molecule has 0 aromatic rings. The van der Waals surface area contributed by atoms with E-state index >= 15 is 0 Å². The second-order valence-corrected chi connectivity index (χ2v) is 4.75. The molecule has 0 spiro atoms. The average Bonchev–Trinajstić information content (AvgIpc) is 2.68. The van der Waals surface area contributed by atoms with Gasteiger partial charge in [-0.15, -0.1) is 0 Å². The van der Waals surface area contributed by atoms with E-state index in [1.165, 1.54) is 25.9 Å². The molecule has 0 aliphatic carbocycles. The lowest BCUT2D eigenvalue weighted by molar-refractivity contribution is 0.211. The van der Waals surface area contributed by atoms with Crippen LogP contribution in [0.4, 0.5) is 4.79 Å². The molecule has 0 aromatic heterocycles. The van der Waals surface area contributed by atoms with Crippen LogP contribution in [-0.4, -0.2) is 68.2 Å². The fourth-order valence-corrected chi connectivity index (χ4v) is 2.34. The number of hydrogen-bond acceptors (Lipinski definition) is 3. The summed E-state index contributed by atoms with van der Waals surface area (Å²) in [6, 6.07) is 0.729. The van der Waals surface area contributed by atoms with Gasteiger partial charge in [0.15, 0.2) is 0 Å². The Morgan fingerprint density at radius 1 is 1.38 bits per heavy atom. The minimum absolute atomic E-state index is 0.0881. The van der Waals surface area contributed by atoms with Crippen molar-refractivity contribution in [2.75, 3.05) is 46.3 Å². The van der Waals surface area contributed by atoms with Crippen LogP contribution in [0.15, 0.2) is 0 Å². The second kappa shape index (κ2) is 5.50. The number of likely N-dealkylation sites (tertiary alicyclic amines) is 1. The molecule has 5 heteroatoms. The van der Waals surface area contributed by atoms with Gasteiger partial charge in [0.05, 0.1) is 0 Å². The number of nitrogens with zero attached hydrogens (tertiary/aromatic N) is 2. The van der Waals surface area contributed by atoms with Gasteiger partial charge in [-0.05, 0) is 33.0 Å². The smallest absolute Gasteiger partial charge is 0.317 e. The predicted molar refractivity (Wildman–Crippen MR) is 63.5 cm³/mol. The van der Waals surface area contributed by atoms with Gasteiger partial charge >= 0.3 is 6.03 Å². The maximum Gasteiger partial charge on any atom is 0.317 e. The van der Waals surface area contributed by atoms with Crippen LogP contribution in [0.3, 0.4) is 0 Å². The van der Waals surface area contributed by atoms with Crippen LogP contribution in [0, 0.1) is 0 Å². The highest BCUT2D eigenvalue weighted by Crippen LogP contribution is 2.07. The second-order valence-electron chi connectivity index (χ2n) is 4.75. The Hall–Kier alpha value is -0.810. The van der Waals surface area contributed by atoms with Gasteiger partial charge in [0, 0.05) is 32.2 Å². The molecule has 2 aliphatic rings. The molecule has 0 aromatic carbocycles. The lowest BCUT2D eigenvalue weighted by atomic mass is 10.1. The fraction of sp³-hybridized carbons (Fsp3) is 0.909. The monoisotopic (exact) mass is 226 g/mol. The molecule has 2 amide bonds. The van der Waals surface area contributed by atoms with E-state index in [1.807, 2.05) is 4.90 Å². The zero-order valence-electron chi connectivity index (χ0n) is 10.0. The van der Waals surface area contributed by atoms with Crippen molar-refractivity contribution in [2.45, 2.75) is 18.9 Å². The molecule has 2 saturated heterocycles. The molecule has 2 rings (SSSR count). The third kappa shape index (κ3) is 3.09. The Labute approximate surface area is 97.2 Å². The van der Waals surface area contributed by atoms with Crippen LogP contribution in [0.2, 0.25) is 0 Å². The zero-order chi connectivity index (χ0) is 11.4. The molecule has 92 valence electrons. The molecule has 0 saturated carbocycles. The van der Waals surface area contributed by atoms with Crippen molar-refractivity contribution in [3.05, 3.63) is 0 Å². The van der Waals surface area contributed by atoms with Crippen LogP contribution in [0.25, 0.3) is 0 Å². The van der Waals surface area contributed by atoms with Gasteiger partial charge in [-0.1, -0.05) is 0 Å². The van der Waals surface area contributed by atoms with Crippen LogP contribution in [0.5, 0.6) is 0 Å². The zero-order valence-corrected chi connectivity index (χ0v) is 10.0. The normalized spacial score (nSPS) is 23.8. The van der Waals surface area contributed by atoms with Gasteiger partial charge in [0.1, 0.15) is 0 Å². The minimum atomic E-state index is 0.0881. The van der Waals surface area contributed by atoms with Crippen molar-refractivity contribution in [1.82, 2.24) is 20.4 Å². The van der Waals surface area contributed by atoms with Crippen LogP contribution in [0.1, 0.15) is 12.8 Å². The predicted octanol–water partition coefficient (Wildman–Crippen LogP) is -0.305. The quantitative estimate of drug-likeness (QED) is 0.691. The van der Waals surface area contributed by atoms with Crippen molar-refractivity contribution < 1.29 is 4.79 Å². The lowest BCUT2D eigenvalue weighted by Crippen LogP contribution is -2.44. The maximum absolute atomic E-state index is 11.3. The first-order chi connectivity index (χ1) is 7.75. The molecule has 0 unspecified atom stereocenters. The molecule has 16 heavy (non-hydrogen) atoms. The number of nitrogens with one attached hydrogen (secondary N) is 2. The van der Waals surface area contributed by atoms with Crippen molar-refractivity contribution >= 4 is 6.03 Å². The number of rotatable bonds is 4. The van der Waals surface area contributed by atoms with E-state index in [2.05, 4.69) is 22.6 Å². The van der Waals surface area contributed by atoms with E-state index in [4.69, 9.17) is 0 Å². The van der Waals surface area contributed by atoms with Crippen molar-refractivity contribution in [2.24, 2.45) is 0 Å². The van der Waals surface area contributed by atoms with Crippen molar-refractivity contribution in [1.29, 1.82) is 0 Å². The molecule has 0 atom stereocenters. The summed E-state index contributed by atoms with van der Waals surface area (Å²) in [5, 5.41) is 6.36. The number of hydrogen-bond donors (Lipinski definition) is 2. The van der Waals surface area contributed by atoms with Crippen molar-refractivity contribution in [3.63, 3.8) is 0 Å². The SMILES string of the molecule is CN1CCC(NCCN2CCNC2=O)CC1. The van der Waals surface area contributed by atoms with Gasteiger partial charge < -0.3 is 20.4 Å². The topological polar surface area (TPSA) is 47.6 Å². The van der Waals surface area contributed by atoms with Gasteiger partial charge in [-0.25, -0.2) is 4.79 Å². The Morgan fingerprint density at radius 2 is 2.12 bits per heavy atom. The Bertz CT molecular complexity index is 238. The van der Waals surface area contributed by atoms with E-state index in [0.717, 1.165) is 26.2 Å². The average molecular weight is 226 g/mol. The first-order valence-electron chi connectivity index (χ1n) is 6.20. The highest BCUT2D eigenvalue weighted by molar-refractivity contribution is 5.76. The highest BCUT2D eigenvalue weighted by atomic mass is 16.2. The Balaban J connectivity index is 1.59. The van der Waals surface area contributed by atoms with Gasteiger partial charge in [-0.3, -0.25) is 0 Å². The largest absolute Gasteiger partial charge is 0.336 e. The molecular weight excluding hydrogens is 204 g/mol. The molecule has 5 nitrogen and oxygen atoms in total. The van der Waals surface area contributed by atoms with E-state index < -0.39 is 0 Å². The molecule has 2 N–H and O–H groups in total. The first-order valence-corrected chi connectivity index (χ1v) is 6.20. The van der Waals surface area contributed by atoms with Crippen LogP contribution < -0.4 is 10.6 Å². The summed E-state index contributed by atoms with van der Waals surface area (Å²) in [6.07, 6.45) is 2.45. The number of carbonyl (C=O) groups excluding carboxylic acids is 1. The summed E-state index contributed by atoms with van der Waals surface area (Å²) >= 11 is 0. The Morgan fingerprint density at radius 3 is 2.75 bits per heavy atom. The lowest BCUT2D eigenvalue weighted by Gasteiger charge is -2.30. The first kappa shape index (κ1) is 11.7. The standard InChI is InChI=1S/C11H22N4O/c1-14-6-2-10(3-7-14)12-4-8-15-9-5-13-11(15)16/h10,12H,2-9H2,1H3,(H,13,16). The number of piperidine rings is 1. The number of amides is 2. The fourth-order valence-electron chi connectivity index (χ4n) is 2.34. The minimum Gasteiger partial charge on any atom is -0.336 e. The Kier molecular flexibility index (Phi) is 4.01. The molecule has 0 bridgehead atoms. The van der Waals surface area contributed by atoms with Crippen LogP contribution in [-0.2, 0) is 0 Å². The highest BCUT2D eigenvalue weighted by Gasteiger charge is 2.20. The van der Waals surface area contributed by atoms with E-state index in [-0.39, 0.29) is 6.03 Å². The van der Waals surface area contributed by atoms with Crippen LogP contribution >= 0.6 is 0 Å². The van der Waals surface area contributed by atoms with E-state index in [1.54, 1.807) is 0 Å². The van der Waals surface area contributed by atoms with E-state index in [9.17, 15) is 4.79 Å². The molecule has 2 fully saturated rings.